The maximum Gasteiger partial charge on any atom is 0.129 e. The van der Waals surface area contributed by atoms with Gasteiger partial charge in [0, 0.05) is 25.0 Å². The molecule has 18 heavy (non-hydrogen) atoms. The van der Waals surface area contributed by atoms with Crippen molar-refractivity contribution >= 4 is 11.6 Å². The standard InChI is InChI=1S/C14H17ClN2O/c1-14-6-2-7-17(12(14)5-8-18-14)10-11-3-4-13(15)16-9-11/h3-5,9H,2,6-8,10H2,1H3. The predicted octanol–water partition coefficient (Wildman–Crippen LogP) is 3.00. The lowest BCUT2D eigenvalue weighted by Crippen LogP contribution is -2.42. The number of likely N-dealkylation sites (tertiary alicyclic amines) is 1. The first-order valence-electron chi connectivity index (χ1n) is 6.37. The van der Waals surface area contributed by atoms with Gasteiger partial charge in [0.1, 0.15) is 10.8 Å². The van der Waals surface area contributed by atoms with Gasteiger partial charge >= 0.3 is 0 Å². The summed E-state index contributed by atoms with van der Waals surface area (Å²) >= 11 is 5.81. The van der Waals surface area contributed by atoms with Gasteiger partial charge in [0.25, 0.3) is 0 Å². The maximum absolute atomic E-state index is 5.86. The molecule has 0 radical (unpaired) electrons. The van der Waals surface area contributed by atoms with E-state index in [2.05, 4.69) is 22.9 Å². The van der Waals surface area contributed by atoms with Crippen molar-refractivity contribution in [3.63, 3.8) is 0 Å². The van der Waals surface area contributed by atoms with E-state index in [-0.39, 0.29) is 5.60 Å². The van der Waals surface area contributed by atoms with Crippen LogP contribution >= 0.6 is 11.6 Å². The van der Waals surface area contributed by atoms with E-state index in [0.717, 1.165) is 26.1 Å². The van der Waals surface area contributed by atoms with Crippen LogP contribution in [0.1, 0.15) is 25.3 Å². The molecule has 1 saturated heterocycles. The van der Waals surface area contributed by atoms with Gasteiger partial charge in [-0.25, -0.2) is 4.98 Å². The number of piperidine rings is 1. The second-order valence-electron chi connectivity index (χ2n) is 5.15. The summed E-state index contributed by atoms with van der Waals surface area (Å²) in [7, 11) is 0. The van der Waals surface area contributed by atoms with Crippen LogP contribution in [0.2, 0.25) is 5.15 Å². The van der Waals surface area contributed by atoms with Crippen LogP contribution in [-0.4, -0.2) is 28.6 Å². The molecule has 2 aliphatic rings. The summed E-state index contributed by atoms with van der Waals surface area (Å²) in [5, 5.41) is 0.547. The van der Waals surface area contributed by atoms with Crippen LogP contribution in [0.3, 0.4) is 0 Å². The summed E-state index contributed by atoms with van der Waals surface area (Å²) in [5.74, 6) is 0. The molecule has 96 valence electrons. The highest BCUT2D eigenvalue weighted by Gasteiger charge is 2.39. The van der Waals surface area contributed by atoms with Gasteiger partial charge in [-0.3, -0.25) is 0 Å². The molecule has 0 aliphatic carbocycles. The number of fused-ring (bicyclic) bond motifs is 1. The Labute approximate surface area is 112 Å². The van der Waals surface area contributed by atoms with Gasteiger partial charge in [0.2, 0.25) is 0 Å². The van der Waals surface area contributed by atoms with Crippen molar-refractivity contribution < 1.29 is 4.74 Å². The second-order valence-corrected chi connectivity index (χ2v) is 5.53. The lowest BCUT2D eigenvalue weighted by Gasteiger charge is -2.40. The quantitative estimate of drug-likeness (QED) is 0.768. The molecular weight excluding hydrogens is 248 g/mol. The second kappa shape index (κ2) is 4.56. The molecule has 3 rings (SSSR count). The van der Waals surface area contributed by atoms with Gasteiger partial charge in [-0.05, 0) is 37.5 Å². The zero-order chi connectivity index (χ0) is 12.6. The van der Waals surface area contributed by atoms with Crippen LogP contribution in [0, 0.1) is 0 Å². The van der Waals surface area contributed by atoms with Crippen molar-refractivity contribution in [2.75, 3.05) is 13.2 Å². The molecule has 3 heterocycles. The first-order valence-corrected chi connectivity index (χ1v) is 6.75. The Hall–Kier alpha value is -1.06. The van der Waals surface area contributed by atoms with Crippen molar-refractivity contribution in [3.05, 3.63) is 40.8 Å². The molecule has 3 nitrogen and oxygen atoms in total. The average molecular weight is 265 g/mol. The zero-order valence-corrected chi connectivity index (χ0v) is 11.3. The Morgan fingerprint density at radius 2 is 2.39 bits per heavy atom. The van der Waals surface area contributed by atoms with Crippen molar-refractivity contribution in [3.8, 4) is 0 Å². The molecule has 1 aromatic rings. The monoisotopic (exact) mass is 264 g/mol. The smallest absolute Gasteiger partial charge is 0.129 e. The minimum Gasteiger partial charge on any atom is -0.368 e. The molecule has 0 aromatic carbocycles. The minimum absolute atomic E-state index is 0.0713. The summed E-state index contributed by atoms with van der Waals surface area (Å²) in [4.78, 5) is 6.54. The van der Waals surface area contributed by atoms with E-state index in [4.69, 9.17) is 16.3 Å². The first kappa shape index (κ1) is 12.0. The topological polar surface area (TPSA) is 25.4 Å². The van der Waals surface area contributed by atoms with Crippen molar-refractivity contribution in [1.82, 2.24) is 9.88 Å². The van der Waals surface area contributed by atoms with E-state index in [0.29, 0.717) is 5.15 Å². The van der Waals surface area contributed by atoms with E-state index < -0.39 is 0 Å². The Morgan fingerprint density at radius 1 is 1.50 bits per heavy atom. The summed E-state index contributed by atoms with van der Waals surface area (Å²) in [5.41, 5.74) is 2.46. The zero-order valence-electron chi connectivity index (χ0n) is 10.5. The van der Waals surface area contributed by atoms with Gasteiger partial charge in [-0.2, -0.15) is 0 Å². The van der Waals surface area contributed by atoms with E-state index in [9.17, 15) is 0 Å². The molecule has 4 heteroatoms. The molecule has 2 aliphatic heterocycles. The predicted molar refractivity (Wildman–Crippen MR) is 71.3 cm³/mol. The number of aromatic nitrogens is 1. The van der Waals surface area contributed by atoms with Gasteiger partial charge in [-0.15, -0.1) is 0 Å². The van der Waals surface area contributed by atoms with Crippen LogP contribution in [-0.2, 0) is 11.3 Å². The summed E-state index contributed by atoms with van der Waals surface area (Å²) in [6, 6.07) is 3.89. The normalized spacial score (nSPS) is 27.0. The van der Waals surface area contributed by atoms with Gasteiger partial charge in [0.15, 0.2) is 0 Å². The Morgan fingerprint density at radius 3 is 3.17 bits per heavy atom. The number of rotatable bonds is 2. The molecule has 1 aromatic heterocycles. The van der Waals surface area contributed by atoms with E-state index >= 15 is 0 Å². The maximum atomic E-state index is 5.86. The summed E-state index contributed by atoms with van der Waals surface area (Å²) < 4.78 is 5.86. The highest BCUT2D eigenvalue weighted by Crippen LogP contribution is 2.38. The summed E-state index contributed by atoms with van der Waals surface area (Å²) in [6.45, 7) is 4.90. The molecule has 0 N–H and O–H groups in total. The molecule has 1 unspecified atom stereocenters. The molecule has 0 spiro atoms. The number of halogens is 1. The number of nitrogens with zero attached hydrogens (tertiary/aromatic N) is 2. The van der Waals surface area contributed by atoms with Crippen LogP contribution < -0.4 is 0 Å². The van der Waals surface area contributed by atoms with Crippen molar-refractivity contribution in [2.45, 2.75) is 31.9 Å². The van der Waals surface area contributed by atoms with E-state index in [1.165, 1.54) is 17.7 Å². The van der Waals surface area contributed by atoms with Crippen molar-refractivity contribution in [2.24, 2.45) is 0 Å². The average Bonchev–Trinajstić information content (AvgIpc) is 2.75. The third-order valence-electron chi connectivity index (χ3n) is 3.81. The summed E-state index contributed by atoms with van der Waals surface area (Å²) in [6.07, 6.45) is 6.36. The fourth-order valence-electron chi connectivity index (χ4n) is 2.87. The third kappa shape index (κ3) is 2.13. The van der Waals surface area contributed by atoms with Crippen LogP contribution in [0.4, 0.5) is 0 Å². The number of hydrogen-bond acceptors (Lipinski definition) is 3. The van der Waals surface area contributed by atoms with E-state index in [1.807, 2.05) is 18.3 Å². The number of pyridine rings is 1. The molecule has 0 bridgehead atoms. The Kier molecular flexibility index (Phi) is 3.04. The largest absolute Gasteiger partial charge is 0.368 e. The SMILES string of the molecule is CC12CCCN(Cc3ccc(Cl)nc3)C1=CCO2. The molecular formula is C14H17ClN2O. The lowest BCUT2D eigenvalue weighted by atomic mass is 9.91. The third-order valence-corrected chi connectivity index (χ3v) is 4.03. The Balaban J connectivity index is 1.78. The fraction of sp³-hybridized carbons (Fsp3) is 0.500. The number of hydrogen-bond donors (Lipinski definition) is 0. The number of ether oxygens (including phenoxy) is 1. The van der Waals surface area contributed by atoms with Crippen molar-refractivity contribution in [1.29, 1.82) is 0 Å². The molecule has 1 fully saturated rings. The van der Waals surface area contributed by atoms with Crippen LogP contribution in [0.5, 0.6) is 0 Å². The van der Waals surface area contributed by atoms with Gasteiger partial charge in [-0.1, -0.05) is 17.7 Å². The highest BCUT2D eigenvalue weighted by molar-refractivity contribution is 6.29. The van der Waals surface area contributed by atoms with Crippen LogP contribution in [0.25, 0.3) is 0 Å². The first-order chi connectivity index (χ1) is 8.67. The lowest BCUT2D eigenvalue weighted by molar-refractivity contribution is -0.0101. The fourth-order valence-corrected chi connectivity index (χ4v) is 2.98. The van der Waals surface area contributed by atoms with Crippen LogP contribution in [0.15, 0.2) is 30.1 Å². The molecule has 0 saturated carbocycles. The minimum atomic E-state index is -0.0713. The molecule has 1 atom stereocenters. The van der Waals surface area contributed by atoms with E-state index in [1.54, 1.807) is 0 Å². The molecule has 0 amide bonds. The van der Waals surface area contributed by atoms with Gasteiger partial charge < -0.3 is 9.64 Å². The highest BCUT2D eigenvalue weighted by atomic mass is 35.5. The Bertz CT molecular complexity index is 471. The van der Waals surface area contributed by atoms with Gasteiger partial charge in [0.05, 0.1) is 6.61 Å².